The van der Waals surface area contributed by atoms with Crippen molar-refractivity contribution < 1.29 is 27.7 Å². The lowest BCUT2D eigenvalue weighted by Gasteiger charge is -2.24. The molecule has 0 fully saturated rings. The van der Waals surface area contributed by atoms with Crippen LogP contribution in [0, 0.1) is 0 Å². The maximum absolute atomic E-state index is 12.2. The number of hydrogen-bond donors (Lipinski definition) is 5. The second-order valence-corrected chi connectivity index (χ2v) is 7.59. The molecule has 0 radical (unpaired) electrons. The average Bonchev–Trinajstić information content (AvgIpc) is 2.52. The fourth-order valence-corrected chi connectivity index (χ4v) is 3.34. The number of phenols is 1. The summed E-state index contributed by atoms with van der Waals surface area (Å²) in [5, 5.41) is 12.7. The average molecular weight is 408 g/mol. The molecule has 1 aromatic rings. The zero-order chi connectivity index (χ0) is 20.1. The van der Waals surface area contributed by atoms with Gasteiger partial charge in [0.2, 0.25) is 11.8 Å². The molecule has 1 rings (SSSR count). The molecule has 7 N–H and O–H groups in total. The molecular weight excluding hydrogens is 386 g/mol. The van der Waals surface area contributed by atoms with Crippen LogP contribution in [0.15, 0.2) is 17.0 Å². The summed E-state index contributed by atoms with van der Waals surface area (Å²) in [6.45, 7) is 2.30. The van der Waals surface area contributed by atoms with E-state index in [4.69, 9.17) is 23.1 Å². The Morgan fingerprint density at radius 2 is 1.96 bits per heavy atom. The first-order valence-corrected chi connectivity index (χ1v) is 9.62. The topological polar surface area (TPSA) is 173 Å². The van der Waals surface area contributed by atoms with Crippen molar-refractivity contribution >= 4 is 33.5 Å². The molecule has 2 atom stereocenters. The number of nitrogens with one attached hydrogen (secondary N) is 1. The lowest BCUT2D eigenvalue weighted by molar-refractivity contribution is -0.123. The monoisotopic (exact) mass is 407 g/mol. The summed E-state index contributed by atoms with van der Waals surface area (Å²) in [5.41, 5.74) is 10.9. The normalized spacial score (nSPS) is 13.8. The van der Waals surface area contributed by atoms with Crippen molar-refractivity contribution in [2.75, 3.05) is 6.54 Å². The first kappa shape index (κ1) is 22.2. The SMILES string of the molecule is CCCCNC(=O)[C@@H](N)C(CC(N)=O)c1cc(Cl)cc(S(=O)(=O)O)c1O. The second kappa shape index (κ2) is 9.17. The Bertz CT molecular complexity index is 784. The highest BCUT2D eigenvalue weighted by Gasteiger charge is 2.32. The van der Waals surface area contributed by atoms with Gasteiger partial charge in [-0.3, -0.25) is 14.1 Å². The predicted octanol–water partition coefficient (Wildman–Crippen LogP) is 0.495. The molecule has 0 aromatic heterocycles. The van der Waals surface area contributed by atoms with E-state index in [0.29, 0.717) is 13.0 Å². The molecule has 1 aromatic carbocycles. The number of nitrogens with two attached hydrogens (primary N) is 2. The van der Waals surface area contributed by atoms with Crippen LogP contribution < -0.4 is 16.8 Å². The fourth-order valence-electron chi connectivity index (χ4n) is 2.41. The third-order valence-electron chi connectivity index (χ3n) is 3.73. The molecule has 11 heteroatoms. The summed E-state index contributed by atoms with van der Waals surface area (Å²) in [4.78, 5) is 22.8. The zero-order valence-corrected chi connectivity index (χ0v) is 15.7. The van der Waals surface area contributed by atoms with Crippen molar-refractivity contribution in [2.24, 2.45) is 11.5 Å². The van der Waals surface area contributed by atoms with Crippen molar-refractivity contribution in [2.45, 2.75) is 43.0 Å². The first-order chi connectivity index (χ1) is 12.0. The molecule has 0 heterocycles. The number of hydrogen-bond acceptors (Lipinski definition) is 6. The summed E-state index contributed by atoms with van der Waals surface area (Å²) in [5.74, 6) is -3.41. The summed E-state index contributed by atoms with van der Waals surface area (Å²) in [7, 11) is -4.80. The third kappa shape index (κ3) is 5.84. The van der Waals surface area contributed by atoms with E-state index in [1.165, 1.54) is 6.07 Å². The minimum Gasteiger partial charge on any atom is -0.506 e. The Hall–Kier alpha value is -1.88. The maximum atomic E-state index is 12.2. The lowest BCUT2D eigenvalue weighted by atomic mass is 9.87. The molecule has 2 amide bonds. The van der Waals surface area contributed by atoms with Crippen molar-refractivity contribution in [3.8, 4) is 5.75 Å². The number of carbonyl (C=O) groups excluding carboxylic acids is 2. The van der Waals surface area contributed by atoms with Crippen LogP contribution in [0.1, 0.15) is 37.7 Å². The quantitative estimate of drug-likeness (QED) is 0.292. The summed E-state index contributed by atoms with van der Waals surface area (Å²) in [6.07, 6.45) is 1.11. The number of halogens is 1. The molecule has 26 heavy (non-hydrogen) atoms. The van der Waals surface area contributed by atoms with Crippen LogP contribution in [0.5, 0.6) is 5.75 Å². The van der Waals surface area contributed by atoms with Gasteiger partial charge in [0.05, 0.1) is 6.04 Å². The lowest BCUT2D eigenvalue weighted by Crippen LogP contribution is -2.45. The van der Waals surface area contributed by atoms with E-state index in [-0.39, 0.29) is 10.6 Å². The van der Waals surface area contributed by atoms with Gasteiger partial charge < -0.3 is 21.9 Å². The number of carbonyl (C=O) groups is 2. The van der Waals surface area contributed by atoms with Gasteiger partial charge in [0.1, 0.15) is 10.6 Å². The number of amides is 2. The highest BCUT2D eigenvalue weighted by Crippen LogP contribution is 2.37. The molecule has 0 saturated carbocycles. The molecule has 0 saturated heterocycles. The molecule has 1 unspecified atom stereocenters. The first-order valence-electron chi connectivity index (χ1n) is 7.80. The largest absolute Gasteiger partial charge is 0.506 e. The Morgan fingerprint density at radius 1 is 1.35 bits per heavy atom. The van der Waals surface area contributed by atoms with Gasteiger partial charge in [-0.25, -0.2) is 0 Å². The standard InChI is InChI=1S/C15H22ClN3O6S/c1-2-3-4-19-15(22)13(18)9(7-12(17)20)10-5-8(16)6-11(14(10)21)26(23,24)25/h5-6,9,13,21H,2-4,7,18H2,1H3,(H2,17,20)(H,19,22)(H,23,24,25)/t9?,13-/m0/s1. The molecule has 0 bridgehead atoms. The Kier molecular flexibility index (Phi) is 7.82. The van der Waals surface area contributed by atoms with E-state index in [1.807, 2.05) is 6.92 Å². The van der Waals surface area contributed by atoms with Gasteiger partial charge in [-0.1, -0.05) is 24.9 Å². The van der Waals surface area contributed by atoms with E-state index >= 15 is 0 Å². The van der Waals surface area contributed by atoms with Crippen molar-refractivity contribution in [3.63, 3.8) is 0 Å². The predicted molar refractivity (Wildman–Crippen MR) is 95.4 cm³/mol. The van der Waals surface area contributed by atoms with E-state index in [2.05, 4.69) is 5.32 Å². The van der Waals surface area contributed by atoms with Gasteiger partial charge in [-0.05, 0) is 18.6 Å². The van der Waals surface area contributed by atoms with Crippen LogP contribution in [0.4, 0.5) is 0 Å². The van der Waals surface area contributed by atoms with E-state index in [0.717, 1.165) is 12.5 Å². The van der Waals surface area contributed by atoms with Gasteiger partial charge in [0, 0.05) is 29.5 Å². The van der Waals surface area contributed by atoms with Crippen LogP contribution in [0.3, 0.4) is 0 Å². The van der Waals surface area contributed by atoms with Gasteiger partial charge in [-0.15, -0.1) is 0 Å². The molecule has 0 aliphatic carbocycles. The number of primary amides is 1. The smallest absolute Gasteiger partial charge is 0.298 e. The summed E-state index contributed by atoms with van der Waals surface area (Å²) in [6, 6.07) is 0.695. The molecule has 9 nitrogen and oxygen atoms in total. The summed E-state index contributed by atoms with van der Waals surface area (Å²) >= 11 is 5.85. The zero-order valence-electron chi connectivity index (χ0n) is 14.1. The third-order valence-corrected chi connectivity index (χ3v) is 4.82. The number of phenolic OH excluding ortho intramolecular Hbond substituents is 1. The van der Waals surface area contributed by atoms with Gasteiger partial charge in [0.15, 0.2) is 0 Å². The minimum absolute atomic E-state index is 0.140. The van der Waals surface area contributed by atoms with Crippen molar-refractivity contribution in [1.82, 2.24) is 5.32 Å². The van der Waals surface area contributed by atoms with E-state index in [9.17, 15) is 27.7 Å². The highest BCUT2D eigenvalue weighted by molar-refractivity contribution is 7.86. The van der Waals surface area contributed by atoms with Crippen LogP contribution in [-0.4, -0.2) is 42.5 Å². The fraction of sp³-hybridized carbons (Fsp3) is 0.467. The second-order valence-electron chi connectivity index (χ2n) is 5.76. The van der Waals surface area contributed by atoms with Crippen LogP contribution in [0.2, 0.25) is 5.02 Å². The minimum atomic E-state index is -4.80. The molecular formula is C15H22ClN3O6S. The van der Waals surface area contributed by atoms with Gasteiger partial charge in [0.25, 0.3) is 10.1 Å². The molecule has 0 aliphatic heterocycles. The van der Waals surface area contributed by atoms with Crippen LogP contribution >= 0.6 is 11.6 Å². The number of benzene rings is 1. The Morgan fingerprint density at radius 3 is 2.46 bits per heavy atom. The molecule has 0 aliphatic rings. The molecule has 0 spiro atoms. The Balaban J connectivity index is 3.35. The Labute approximate surface area is 156 Å². The van der Waals surface area contributed by atoms with E-state index < -0.39 is 51.0 Å². The van der Waals surface area contributed by atoms with Crippen LogP contribution in [-0.2, 0) is 19.7 Å². The number of rotatable bonds is 9. The number of unbranched alkanes of at least 4 members (excludes halogenated alkanes) is 1. The van der Waals surface area contributed by atoms with Crippen molar-refractivity contribution in [1.29, 1.82) is 0 Å². The van der Waals surface area contributed by atoms with E-state index in [1.54, 1.807) is 0 Å². The molecule has 146 valence electrons. The van der Waals surface area contributed by atoms with Gasteiger partial charge >= 0.3 is 0 Å². The highest BCUT2D eigenvalue weighted by atomic mass is 35.5. The number of aromatic hydroxyl groups is 1. The van der Waals surface area contributed by atoms with Gasteiger partial charge in [-0.2, -0.15) is 8.42 Å². The maximum Gasteiger partial charge on any atom is 0.298 e. The summed E-state index contributed by atoms with van der Waals surface area (Å²) < 4.78 is 32.1. The van der Waals surface area contributed by atoms with Crippen LogP contribution in [0.25, 0.3) is 0 Å². The van der Waals surface area contributed by atoms with Crippen molar-refractivity contribution in [3.05, 3.63) is 22.7 Å².